The van der Waals surface area contributed by atoms with Gasteiger partial charge < -0.3 is 14.1 Å². The number of hydrogen-bond acceptors (Lipinski definition) is 3. The first kappa shape index (κ1) is 16.9. The molecule has 0 saturated heterocycles. The summed E-state index contributed by atoms with van der Waals surface area (Å²) in [5, 5.41) is 3.20. The van der Waals surface area contributed by atoms with Gasteiger partial charge in [-0.25, -0.2) is 4.98 Å². The fourth-order valence-electron chi connectivity index (χ4n) is 4.01. The zero-order chi connectivity index (χ0) is 18.5. The van der Waals surface area contributed by atoms with Crippen LogP contribution >= 0.6 is 0 Å². The van der Waals surface area contributed by atoms with Gasteiger partial charge in [0.25, 0.3) is 0 Å². The smallest absolute Gasteiger partial charge is 0.226 e. The number of fused-ring (bicyclic) bond motifs is 2. The Bertz CT molecular complexity index is 980. The van der Waals surface area contributed by atoms with Crippen molar-refractivity contribution in [2.75, 3.05) is 0 Å². The number of nitrogens with zero attached hydrogens (tertiary/aromatic N) is 2. The summed E-state index contributed by atoms with van der Waals surface area (Å²) in [7, 11) is 0. The lowest BCUT2D eigenvalue weighted by atomic mass is 9.74. The fraction of sp³-hybridized carbons (Fsp3) is 0.429. The third kappa shape index (κ3) is 3.14. The van der Waals surface area contributed by atoms with Crippen molar-refractivity contribution in [2.45, 2.75) is 53.0 Å². The van der Waals surface area contributed by atoms with Crippen LogP contribution in [-0.4, -0.2) is 15.3 Å². The number of amides is 1. The molecule has 136 valence electrons. The minimum Gasteiger partial charge on any atom is -0.466 e. The number of hydrogen-bond donors (Lipinski definition) is 1. The molecule has 1 N–H and O–H groups in total. The van der Waals surface area contributed by atoms with Crippen molar-refractivity contribution in [3.05, 3.63) is 58.9 Å². The largest absolute Gasteiger partial charge is 0.466 e. The molecule has 5 heteroatoms. The van der Waals surface area contributed by atoms with Crippen molar-refractivity contribution in [2.24, 2.45) is 5.41 Å². The Hall–Kier alpha value is -2.56. The highest BCUT2D eigenvalue weighted by molar-refractivity contribution is 5.79. The Morgan fingerprint density at radius 3 is 3.00 bits per heavy atom. The molecule has 0 aliphatic heterocycles. The molecule has 0 saturated carbocycles. The van der Waals surface area contributed by atoms with E-state index >= 15 is 0 Å². The number of aryl methyl sites for hydroxylation is 2. The summed E-state index contributed by atoms with van der Waals surface area (Å²) in [5.74, 6) is 1.91. The minimum atomic E-state index is -0.00234. The normalized spacial score (nSPS) is 18.7. The van der Waals surface area contributed by atoms with Crippen LogP contribution in [0.15, 0.2) is 35.0 Å². The van der Waals surface area contributed by atoms with Crippen molar-refractivity contribution in [1.29, 1.82) is 0 Å². The van der Waals surface area contributed by atoms with E-state index in [-0.39, 0.29) is 23.8 Å². The van der Waals surface area contributed by atoms with Gasteiger partial charge in [0, 0.05) is 24.4 Å². The molecule has 0 fully saturated rings. The van der Waals surface area contributed by atoms with E-state index < -0.39 is 0 Å². The van der Waals surface area contributed by atoms with Crippen molar-refractivity contribution in [3.63, 3.8) is 0 Å². The van der Waals surface area contributed by atoms with Gasteiger partial charge in [-0.1, -0.05) is 19.9 Å². The summed E-state index contributed by atoms with van der Waals surface area (Å²) in [6.45, 7) is 8.43. The van der Waals surface area contributed by atoms with Crippen LogP contribution in [0.4, 0.5) is 0 Å². The van der Waals surface area contributed by atoms with Gasteiger partial charge in [0.2, 0.25) is 5.91 Å². The number of imidazole rings is 1. The monoisotopic (exact) mass is 351 g/mol. The Balaban J connectivity index is 1.53. The standard InChI is InChI=1S/C21H25N3O2/c1-13-6-5-7-24-12-15(22-20(13)24)9-19(25)23-17-10-21(3,4)11-18-16(17)8-14(2)26-18/h5-8,12,17H,9-11H2,1-4H3,(H,23,25). The summed E-state index contributed by atoms with van der Waals surface area (Å²) in [5.41, 5.74) is 4.03. The van der Waals surface area contributed by atoms with Crippen molar-refractivity contribution in [1.82, 2.24) is 14.7 Å². The van der Waals surface area contributed by atoms with E-state index in [2.05, 4.69) is 30.2 Å². The molecule has 26 heavy (non-hydrogen) atoms. The van der Waals surface area contributed by atoms with Gasteiger partial charge in [-0.05, 0) is 43.4 Å². The Kier molecular flexibility index (Phi) is 3.90. The molecule has 1 aliphatic carbocycles. The van der Waals surface area contributed by atoms with Crippen LogP contribution in [0.3, 0.4) is 0 Å². The molecule has 0 radical (unpaired) electrons. The summed E-state index contributed by atoms with van der Waals surface area (Å²) in [6, 6.07) is 6.07. The maximum absolute atomic E-state index is 12.7. The van der Waals surface area contributed by atoms with Crippen LogP contribution in [0.1, 0.15) is 54.7 Å². The molecular weight excluding hydrogens is 326 g/mol. The number of carbonyl (C=O) groups is 1. The van der Waals surface area contributed by atoms with E-state index in [4.69, 9.17) is 4.42 Å². The molecule has 3 heterocycles. The van der Waals surface area contributed by atoms with E-state index in [1.54, 1.807) is 0 Å². The van der Waals surface area contributed by atoms with E-state index in [0.717, 1.165) is 46.8 Å². The number of furan rings is 1. The molecule has 1 unspecified atom stereocenters. The predicted molar refractivity (Wildman–Crippen MR) is 100 cm³/mol. The van der Waals surface area contributed by atoms with Crippen molar-refractivity contribution >= 4 is 11.6 Å². The second-order valence-corrected chi connectivity index (χ2v) is 8.23. The van der Waals surface area contributed by atoms with Gasteiger partial charge in [0.05, 0.1) is 18.2 Å². The molecular formula is C21H25N3O2. The highest BCUT2D eigenvalue weighted by atomic mass is 16.3. The van der Waals surface area contributed by atoms with Gasteiger partial charge in [0.1, 0.15) is 17.2 Å². The molecule has 1 aliphatic rings. The molecule has 4 rings (SSSR count). The first-order chi connectivity index (χ1) is 12.3. The van der Waals surface area contributed by atoms with E-state index in [1.165, 1.54) is 0 Å². The van der Waals surface area contributed by atoms with Gasteiger partial charge in [0.15, 0.2) is 0 Å². The van der Waals surface area contributed by atoms with E-state index in [1.807, 2.05) is 42.8 Å². The lowest BCUT2D eigenvalue weighted by molar-refractivity contribution is -0.121. The van der Waals surface area contributed by atoms with E-state index in [9.17, 15) is 4.79 Å². The third-order valence-corrected chi connectivity index (χ3v) is 5.14. The average molecular weight is 351 g/mol. The number of carbonyl (C=O) groups excluding carboxylic acids is 1. The number of nitrogens with one attached hydrogen (secondary N) is 1. The molecule has 3 aromatic heterocycles. The van der Waals surface area contributed by atoms with Crippen LogP contribution in [0.5, 0.6) is 0 Å². The molecule has 3 aromatic rings. The highest BCUT2D eigenvalue weighted by Crippen LogP contribution is 2.42. The van der Waals surface area contributed by atoms with Crippen molar-refractivity contribution < 1.29 is 9.21 Å². The predicted octanol–water partition coefficient (Wildman–Crippen LogP) is 3.92. The van der Waals surface area contributed by atoms with Crippen LogP contribution < -0.4 is 5.32 Å². The lowest BCUT2D eigenvalue weighted by Crippen LogP contribution is -2.36. The lowest BCUT2D eigenvalue weighted by Gasteiger charge is -2.34. The van der Waals surface area contributed by atoms with Crippen LogP contribution in [0, 0.1) is 19.3 Å². The number of aromatic nitrogens is 2. The summed E-state index contributed by atoms with van der Waals surface area (Å²) < 4.78 is 7.83. The van der Waals surface area contributed by atoms with Crippen molar-refractivity contribution in [3.8, 4) is 0 Å². The van der Waals surface area contributed by atoms with Gasteiger partial charge >= 0.3 is 0 Å². The topological polar surface area (TPSA) is 59.5 Å². The molecule has 5 nitrogen and oxygen atoms in total. The number of rotatable bonds is 3. The van der Waals surface area contributed by atoms with Crippen LogP contribution in [-0.2, 0) is 17.6 Å². The fourth-order valence-corrected chi connectivity index (χ4v) is 4.01. The SMILES string of the molecule is Cc1cc2c(o1)CC(C)(C)CC2NC(=O)Cc1cn2cccc(C)c2n1. The Labute approximate surface area is 153 Å². The summed E-state index contributed by atoms with van der Waals surface area (Å²) >= 11 is 0. The third-order valence-electron chi connectivity index (χ3n) is 5.14. The maximum Gasteiger partial charge on any atom is 0.226 e. The molecule has 0 spiro atoms. The second-order valence-electron chi connectivity index (χ2n) is 8.23. The zero-order valence-corrected chi connectivity index (χ0v) is 15.8. The van der Waals surface area contributed by atoms with Crippen LogP contribution in [0.25, 0.3) is 5.65 Å². The molecule has 1 atom stereocenters. The van der Waals surface area contributed by atoms with Gasteiger partial charge in [-0.3, -0.25) is 4.79 Å². The second kappa shape index (κ2) is 6.01. The highest BCUT2D eigenvalue weighted by Gasteiger charge is 2.35. The van der Waals surface area contributed by atoms with Gasteiger partial charge in [-0.15, -0.1) is 0 Å². The van der Waals surface area contributed by atoms with Crippen LogP contribution in [0.2, 0.25) is 0 Å². The molecule has 0 bridgehead atoms. The average Bonchev–Trinajstić information content (AvgIpc) is 3.09. The number of pyridine rings is 1. The first-order valence-corrected chi connectivity index (χ1v) is 9.12. The van der Waals surface area contributed by atoms with Gasteiger partial charge in [-0.2, -0.15) is 0 Å². The maximum atomic E-state index is 12.7. The summed E-state index contributed by atoms with van der Waals surface area (Å²) in [6.07, 6.45) is 5.99. The molecule has 1 amide bonds. The zero-order valence-electron chi connectivity index (χ0n) is 15.8. The summed E-state index contributed by atoms with van der Waals surface area (Å²) in [4.78, 5) is 17.3. The Morgan fingerprint density at radius 2 is 2.23 bits per heavy atom. The molecule has 0 aromatic carbocycles. The minimum absolute atomic E-state index is 0.00133. The quantitative estimate of drug-likeness (QED) is 0.778. The first-order valence-electron chi connectivity index (χ1n) is 9.12. The Morgan fingerprint density at radius 1 is 1.42 bits per heavy atom. The van der Waals surface area contributed by atoms with E-state index in [0.29, 0.717) is 0 Å².